The second-order valence-electron chi connectivity index (χ2n) is 5.73. The van der Waals surface area contributed by atoms with E-state index in [2.05, 4.69) is 35.1 Å². The predicted octanol–water partition coefficient (Wildman–Crippen LogP) is 3.21. The van der Waals surface area contributed by atoms with Crippen molar-refractivity contribution in [1.82, 2.24) is 10.3 Å². The van der Waals surface area contributed by atoms with Gasteiger partial charge < -0.3 is 10.2 Å². The topological polar surface area (TPSA) is 28.2 Å². The molecule has 106 valence electrons. The summed E-state index contributed by atoms with van der Waals surface area (Å²) >= 11 is 0. The highest BCUT2D eigenvalue weighted by Gasteiger charge is 2.31. The molecule has 1 aromatic heterocycles. The number of pyridine rings is 1. The summed E-state index contributed by atoms with van der Waals surface area (Å²) in [5, 5.41) is 3.25. The minimum absolute atomic E-state index is 0.585. The third-order valence-electron chi connectivity index (χ3n) is 4.92. The van der Waals surface area contributed by atoms with E-state index in [9.17, 15) is 0 Å². The van der Waals surface area contributed by atoms with Gasteiger partial charge in [0.1, 0.15) is 0 Å². The van der Waals surface area contributed by atoms with Crippen molar-refractivity contribution in [3.63, 3.8) is 0 Å². The third-order valence-corrected chi connectivity index (χ3v) is 4.92. The number of aromatic nitrogens is 1. The summed E-state index contributed by atoms with van der Waals surface area (Å²) in [5.41, 5.74) is 3.26. The van der Waals surface area contributed by atoms with E-state index in [1.54, 1.807) is 0 Å². The summed E-state index contributed by atoms with van der Waals surface area (Å²) in [6.45, 7) is 7.94. The molecule has 0 bridgehead atoms. The van der Waals surface area contributed by atoms with Crippen molar-refractivity contribution in [2.45, 2.75) is 46.1 Å². The van der Waals surface area contributed by atoms with Crippen molar-refractivity contribution in [2.75, 3.05) is 25.0 Å². The molecule has 1 fully saturated rings. The molecule has 0 aromatic carbocycles. The van der Waals surface area contributed by atoms with Crippen LogP contribution in [0, 0.1) is 5.41 Å². The number of nitrogens with one attached hydrogen (secondary N) is 1. The van der Waals surface area contributed by atoms with Gasteiger partial charge in [0.2, 0.25) is 0 Å². The van der Waals surface area contributed by atoms with Crippen molar-refractivity contribution in [3.8, 4) is 0 Å². The number of anilines is 1. The van der Waals surface area contributed by atoms with Gasteiger partial charge in [0.25, 0.3) is 0 Å². The van der Waals surface area contributed by atoms with E-state index in [0.29, 0.717) is 5.41 Å². The van der Waals surface area contributed by atoms with E-state index in [4.69, 9.17) is 0 Å². The first-order valence-corrected chi connectivity index (χ1v) is 7.57. The third kappa shape index (κ3) is 3.08. The molecule has 0 atom stereocenters. The Morgan fingerprint density at radius 3 is 2.53 bits per heavy atom. The Balaban J connectivity index is 2.09. The second-order valence-corrected chi connectivity index (χ2v) is 5.73. The Kier molecular flexibility index (Phi) is 4.81. The Morgan fingerprint density at radius 1 is 1.26 bits per heavy atom. The van der Waals surface area contributed by atoms with Crippen LogP contribution in [0.4, 0.5) is 5.69 Å². The van der Waals surface area contributed by atoms with Crippen LogP contribution >= 0.6 is 0 Å². The number of piperidine rings is 1. The zero-order chi connectivity index (χ0) is 13.7. The van der Waals surface area contributed by atoms with E-state index in [1.807, 2.05) is 19.4 Å². The number of nitrogens with zero attached hydrogens (tertiary/aromatic N) is 2. The predicted molar refractivity (Wildman–Crippen MR) is 81.5 cm³/mol. The fraction of sp³-hybridized carbons (Fsp3) is 0.688. The highest BCUT2D eigenvalue weighted by atomic mass is 15.1. The lowest BCUT2D eigenvalue weighted by Gasteiger charge is -2.42. The lowest BCUT2D eigenvalue weighted by atomic mass is 9.74. The van der Waals surface area contributed by atoms with E-state index in [-0.39, 0.29) is 0 Å². The van der Waals surface area contributed by atoms with Crippen LogP contribution in [-0.2, 0) is 6.54 Å². The number of hydrogen-bond acceptors (Lipinski definition) is 3. The molecule has 1 aromatic rings. The van der Waals surface area contributed by atoms with Gasteiger partial charge in [0.05, 0.1) is 11.9 Å². The Labute approximate surface area is 117 Å². The molecule has 0 unspecified atom stereocenters. The minimum atomic E-state index is 0.585. The lowest BCUT2D eigenvalue weighted by molar-refractivity contribution is 0.199. The highest BCUT2D eigenvalue weighted by Crippen LogP contribution is 2.39. The lowest BCUT2D eigenvalue weighted by Crippen LogP contribution is -2.40. The molecule has 2 heterocycles. The molecule has 0 aliphatic carbocycles. The van der Waals surface area contributed by atoms with Crippen molar-refractivity contribution < 1.29 is 0 Å². The van der Waals surface area contributed by atoms with Crippen LogP contribution in [0.1, 0.15) is 45.1 Å². The summed E-state index contributed by atoms with van der Waals surface area (Å²) in [6.07, 6.45) is 9.17. The standard InChI is InChI=1S/C16H27N3/c1-4-16(5-2)7-10-19(11-8-16)15-13-18-9-6-14(15)12-17-3/h6,9,13,17H,4-5,7-8,10-12H2,1-3H3. The second kappa shape index (κ2) is 6.38. The Morgan fingerprint density at radius 2 is 1.95 bits per heavy atom. The van der Waals surface area contributed by atoms with Gasteiger partial charge >= 0.3 is 0 Å². The van der Waals surface area contributed by atoms with Gasteiger partial charge in [0, 0.05) is 25.8 Å². The van der Waals surface area contributed by atoms with Crippen LogP contribution in [0.3, 0.4) is 0 Å². The average molecular weight is 261 g/mol. The van der Waals surface area contributed by atoms with Crippen molar-refractivity contribution in [2.24, 2.45) is 5.41 Å². The van der Waals surface area contributed by atoms with Crippen LogP contribution in [-0.4, -0.2) is 25.1 Å². The molecule has 1 aliphatic rings. The molecule has 3 nitrogen and oxygen atoms in total. The van der Waals surface area contributed by atoms with Gasteiger partial charge in [-0.2, -0.15) is 0 Å². The molecule has 19 heavy (non-hydrogen) atoms. The molecular formula is C16H27N3. The van der Waals surface area contributed by atoms with Gasteiger partial charge in [-0.3, -0.25) is 4.98 Å². The zero-order valence-electron chi connectivity index (χ0n) is 12.6. The molecule has 0 radical (unpaired) electrons. The van der Waals surface area contributed by atoms with Crippen LogP contribution < -0.4 is 10.2 Å². The van der Waals surface area contributed by atoms with E-state index in [1.165, 1.54) is 50.0 Å². The quantitative estimate of drug-likeness (QED) is 0.882. The summed E-state index contributed by atoms with van der Waals surface area (Å²) in [7, 11) is 2.00. The number of rotatable bonds is 5. The molecular weight excluding hydrogens is 234 g/mol. The Bertz CT molecular complexity index is 389. The van der Waals surface area contributed by atoms with Gasteiger partial charge in [-0.1, -0.05) is 26.7 Å². The van der Waals surface area contributed by atoms with Crippen LogP contribution in [0.5, 0.6) is 0 Å². The van der Waals surface area contributed by atoms with E-state index >= 15 is 0 Å². The van der Waals surface area contributed by atoms with Crippen LogP contribution in [0.15, 0.2) is 18.5 Å². The first-order chi connectivity index (χ1) is 9.24. The summed E-state index contributed by atoms with van der Waals surface area (Å²) in [5.74, 6) is 0. The molecule has 3 heteroatoms. The molecule has 1 aliphatic heterocycles. The maximum absolute atomic E-state index is 4.31. The minimum Gasteiger partial charge on any atom is -0.370 e. The molecule has 0 amide bonds. The molecule has 0 saturated carbocycles. The summed E-state index contributed by atoms with van der Waals surface area (Å²) in [4.78, 5) is 6.83. The van der Waals surface area contributed by atoms with Crippen molar-refractivity contribution >= 4 is 5.69 Å². The van der Waals surface area contributed by atoms with Crippen LogP contribution in [0.2, 0.25) is 0 Å². The molecule has 1 saturated heterocycles. The van der Waals surface area contributed by atoms with Gasteiger partial charge in [-0.25, -0.2) is 0 Å². The van der Waals surface area contributed by atoms with E-state index in [0.717, 1.165) is 6.54 Å². The van der Waals surface area contributed by atoms with E-state index < -0.39 is 0 Å². The first-order valence-electron chi connectivity index (χ1n) is 7.57. The highest BCUT2D eigenvalue weighted by molar-refractivity contribution is 5.52. The van der Waals surface area contributed by atoms with Crippen molar-refractivity contribution in [1.29, 1.82) is 0 Å². The normalized spacial score (nSPS) is 18.6. The van der Waals surface area contributed by atoms with Crippen molar-refractivity contribution in [3.05, 3.63) is 24.0 Å². The average Bonchev–Trinajstić information content (AvgIpc) is 2.48. The van der Waals surface area contributed by atoms with Gasteiger partial charge in [0.15, 0.2) is 0 Å². The first kappa shape index (κ1) is 14.3. The summed E-state index contributed by atoms with van der Waals surface area (Å²) in [6, 6.07) is 2.13. The van der Waals surface area contributed by atoms with Gasteiger partial charge in [-0.15, -0.1) is 0 Å². The fourth-order valence-electron chi connectivity index (χ4n) is 3.22. The maximum atomic E-state index is 4.31. The zero-order valence-corrected chi connectivity index (χ0v) is 12.6. The molecule has 1 N–H and O–H groups in total. The fourth-order valence-corrected chi connectivity index (χ4v) is 3.22. The smallest absolute Gasteiger partial charge is 0.0598 e. The molecule has 0 spiro atoms. The summed E-state index contributed by atoms with van der Waals surface area (Å²) < 4.78 is 0. The monoisotopic (exact) mass is 261 g/mol. The van der Waals surface area contributed by atoms with Crippen LogP contribution in [0.25, 0.3) is 0 Å². The maximum Gasteiger partial charge on any atom is 0.0598 e. The number of hydrogen-bond donors (Lipinski definition) is 1. The Hall–Kier alpha value is -1.09. The largest absolute Gasteiger partial charge is 0.370 e. The van der Waals surface area contributed by atoms with Gasteiger partial charge in [-0.05, 0) is 36.9 Å². The molecule has 2 rings (SSSR count). The SMILES string of the molecule is CCC1(CC)CCN(c2cnccc2CNC)CC1.